The molecule has 1 atom stereocenters. The maximum absolute atomic E-state index is 13.7. The Morgan fingerprint density at radius 2 is 1.79 bits per heavy atom. The predicted molar refractivity (Wildman–Crippen MR) is 153 cm³/mol. The van der Waals surface area contributed by atoms with Gasteiger partial charge in [-0.1, -0.05) is 39.0 Å². The molecule has 0 bridgehead atoms. The van der Waals surface area contributed by atoms with Crippen LogP contribution in [-0.2, 0) is 19.7 Å². The number of rotatable bonds is 9. The molecule has 4 rings (SSSR count). The molecule has 1 aliphatic heterocycles. The normalized spacial score (nSPS) is 15.5. The summed E-state index contributed by atoms with van der Waals surface area (Å²) in [6.45, 7) is 6.91. The molecule has 2 aromatic carbocycles. The number of amides is 2. The van der Waals surface area contributed by atoms with Gasteiger partial charge in [-0.25, -0.2) is 4.68 Å². The van der Waals surface area contributed by atoms with E-state index < -0.39 is 0 Å². The Hall–Kier alpha value is -3.50. The van der Waals surface area contributed by atoms with Crippen molar-refractivity contribution < 1.29 is 23.8 Å². The van der Waals surface area contributed by atoms with Gasteiger partial charge in [0, 0.05) is 30.2 Å². The minimum atomic E-state index is -0.359. The second-order valence-corrected chi connectivity index (χ2v) is 11.3. The van der Waals surface area contributed by atoms with Crippen LogP contribution in [0.5, 0.6) is 11.5 Å². The third-order valence-corrected chi connectivity index (χ3v) is 7.70. The lowest BCUT2D eigenvalue weighted by Crippen LogP contribution is -2.43. The zero-order chi connectivity index (χ0) is 28.2. The van der Waals surface area contributed by atoms with Crippen LogP contribution in [0.15, 0.2) is 48.5 Å². The first-order valence-electron chi connectivity index (χ1n) is 12.8. The van der Waals surface area contributed by atoms with E-state index in [0.717, 1.165) is 28.3 Å². The minimum absolute atomic E-state index is 0.139. The molecule has 0 saturated carbocycles. The van der Waals surface area contributed by atoms with Crippen LogP contribution in [0.2, 0.25) is 0 Å². The van der Waals surface area contributed by atoms with E-state index in [-0.39, 0.29) is 34.8 Å². The van der Waals surface area contributed by atoms with Crippen LogP contribution in [-0.4, -0.2) is 68.4 Å². The number of para-hydroxylation sites is 1. The van der Waals surface area contributed by atoms with E-state index in [1.54, 1.807) is 30.9 Å². The quantitative estimate of drug-likeness (QED) is 0.399. The van der Waals surface area contributed by atoms with Crippen LogP contribution in [0.25, 0.3) is 5.69 Å². The maximum Gasteiger partial charge on any atom is 0.240 e. The number of nitrogens with one attached hydrogen (secondary N) is 1. The molecule has 1 N–H and O–H groups in total. The van der Waals surface area contributed by atoms with Crippen molar-refractivity contribution in [3.8, 4) is 17.2 Å². The SMILES string of the molecule is COCCNC(=O)CN1C(=O)CS[C@H](c2ccccc2OC)c2c(C(C)(C)C)nn(-c3ccc(OC)cc3)c21. The fourth-order valence-electron chi connectivity index (χ4n) is 4.60. The molecule has 208 valence electrons. The van der Waals surface area contributed by atoms with E-state index in [1.807, 2.05) is 48.5 Å². The molecule has 10 heteroatoms. The van der Waals surface area contributed by atoms with Gasteiger partial charge in [-0.2, -0.15) is 5.10 Å². The van der Waals surface area contributed by atoms with E-state index in [0.29, 0.717) is 24.7 Å². The lowest BCUT2D eigenvalue weighted by molar-refractivity contribution is -0.123. The number of carbonyl (C=O) groups is 2. The van der Waals surface area contributed by atoms with E-state index in [9.17, 15) is 9.59 Å². The first kappa shape index (κ1) is 28.5. The number of fused-ring (bicyclic) bond motifs is 1. The predicted octanol–water partition coefficient (Wildman–Crippen LogP) is 4.12. The van der Waals surface area contributed by atoms with Crippen molar-refractivity contribution in [1.29, 1.82) is 0 Å². The van der Waals surface area contributed by atoms with Crippen LogP contribution in [0.3, 0.4) is 0 Å². The standard InChI is InChI=1S/C29H36N4O5S/c1-29(2,3)27-25-26(21-9-7-8-10-22(21)38-6)39-18-24(35)32(17-23(34)30-15-16-36-4)28(25)33(31-27)19-11-13-20(37-5)14-12-19/h7-14,26H,15-18H2,1-6H3,(H,30,34)/t26-/m1/s1. The third kappa shape index (κ3) is 6.07. The number of ether oxygens (including phenoxy) is 3. The highest BCUT2D eigenvalue weighted by molar-refractivity contribution is 8.00. The summed E-state index contributed by atoms with van der Waals surface area (Å²) < 4.78 is 17.9. The van der Waals surface area contributed by atoms with Gasteiger partial charge in [-0.05, 0) is 30.3 Å². The second-order valence-electron chi connectivity index (χ2n) is 10.2. The van der Waals surface area contributed by atoms with Crippen molar-refractivity contribution in [3.05, 3.63) is 65.4 Å². The molecule has 0 fully saturated rings. The average molecular weight is 553 g/mol. The van der Waals surface area contributed by atoms with E-state index in [1.165, 1.54) is 11.8 Å². The fourth-order valence-corrected chi connectivity index (χ4v) is 5.82. The van der Waals surface area contributed by atoms with Gasteiger partial charge in [0.25, 0.3) is 0 Å². The Morgan fingerprint density at radius 1 is 1.08 bits per heavy atom. The summed E-state index contributed by atoms with van der Waals surface area (Å²) in [6.07, 6.45) is 0. The van der Waals surface area contributed by atoms with E-state index >= 15 is 0 Å². The molecule has 39 heavy (non-hydrogen) atoms. The highest BCUT2D eigenvalue weighted by Crippen LogP contribution is 2.50. The van der Waals surface area contributed by atoms with Crippen molar-refractivity contribution in [2.75, 3.05) is 51.7 Å². The van der Waals surface area contributed by atoms with E-state index in [4.69, 9.17) is 19.3 Å². The zero-order valence-corrected chi connectivity index (χ0v) is 24.1. The van der Waals surface area contributed by atoms with Gasteiger partial charge in [0.05, 0.1) is 43.2 Å². The van der Waals surface area contributed by atoms with Crippen molar-refractivity contribution in [2.24, 2.45) is 0 Å². The molecule has 0 unspecified atom stereocenters. The summed E-state index contributed by atoms with van der Waals surface area (Å²) in [5.41, 5.74) is 3.08. The molecular formula is C29H36N4O5S. The molecule has 0 spiro atoms. The Balaban J connectivity index is 1.97. The van der Waals surface area contributed by atoms with Gasteiger partial charge >= 0.3 is 0 Å². The summed E-state index contributed by atoms with van der Waals surface area (Å²) in [6, 6.07) is 15.4. The number of hydrogen-bond donors (Lipinski definition) is 1. The number of aromatic nitrogens is 2. The molecule has 0 radical (unpaired) electrons. The Kier molecular flexibility index (Phi) is 8.87. The summed E-state index contributed by atoms with van der Waals surface area (Å²) in [7, 11) is 4.84. The second kappa shape index (κ2) is 12.1. The van der Waals surface area contributed by atoms with Gasteiger partial charge < -0.3 is 19.5 Å². The first-order chi connectivity index (χ1) is 18.7. The number of nitrogens with zero attached hydrogens (tertiary/aromatic N) is 3. The number of hydrogen-bond acceptors (Lipinski definition) is 7. The average Bonchev–Trinajstić information content (AvgIpc) is 3.27. The van der Waals surface area contributed by atoms with Gasteiger partial charge in [-0.15, -0.1) is 11.8 Å². The highest BCUT2D eigenvalue weighted by atomic mass is 32.2. The molecule has 1 aromatic heterocycles. The van der Waals surface area contributed by atoms with Crippen LogP contribution < -0.4 is 19.7 Å². The van der Waals surface area contributed by atoms with Crippen LogP contribution in [0, 0.1) is 0 Å². The molecular weight excluding hydrogens is 516 g/mol. The van der Waals surface area contributed by atoms with Gasteiger partial charge in [0.15, 0.2) is 0 Å². The van der Waals surface area contributed by atoms with Gasteiger partial charge in [0.1, 0.15) is 23.9 Å². The van der Waals surface area contributed by atoms with E-state index in [2.05, 4.69) is 26.1 Å². The van der Waals surface area contributed by atoms with Crippen LogP contribution in [0.1, 0.15) is 42.8 Å². The smallest absolute Gasteiger partial charge is 0.240 e. The molecule has 9 nitrogen and oxygen atoms in total. The van der Waals surface area contributed by atoms with Crippen molar-refractivity contribution >= 4 is 29.4 Å². The monoisotopic (exact) mass is 552 g/mol. The number of thioether (sulfide) groups is 1. The number of carbonyl (C=O) groups excluding carboxylic acids is 2. The zero-order valence-electron chi connectivity index (χ0n) is 23.3. The number of benzene rings is 2. The molecule has 0 aliphatic carbocycles. The summed E-state index contributed by atoms with van der Waals surface area (Å²) in [4.78, 5) is 28.3. The Bertz CT molecular complexity index is 1320. The third-order valence-electron chi connectivity index (χ3n) is 6.47. The number of methoxy groups -OCH3 is 3. The topological polar surface area (TPSA) is 94.9 Å². The Morgan fingerprint density at radius 3 is 2.44 bits per heavy atom. The first-order valence-corrected chi connectivity index (χ1v) is 13.8. The fraction of sp³-hybridized carbons (Fsp3) is 0.414. The molecule has 0 saturated heterocycles. The number of anilines is 1. The maximum atomic E-state index is 13.7. The van der Waals surface area contributed by atoms with Gasteiger partial charge in [0.2, 0.25) is 11.8 Å². The summed E-state index contributed by atoms with van der Waals surface area (Å²) in [5, 5.41) is 7.70. The molecule has 3 aromatic rings. The van der Waals surface area contributed by atoms with Crippen molar-refractivity contribution in [2.45, 2.75) is 31.4 Å². The largest absolute Gasteiger partial charge is 0.497 e. The lowest BCUT2D eigenvalue weighted by atomic mass is 9.87. The lowest BCUT2D eigenvalue weighted by Gasteiger charge is -2.25. The highest BCUT2D eigenvalue weighted by Gasteiger charge is 2.40. The Labute approximate surface area is 233 Å². The van der Waals surface area contributed by atoms with Crippen LogP contribution in [0.4, 0.5) is 5.82 Å². The summed E-state index contributed by atoms with van der Waals surface area (Å²) >= 11 is 1.52. The molecule has 1 aliphatic rings. The van der Waals surface area contributed by atoms with Crippen molar-refractivity contribution in [3.63, 3.8) is 0 Å². The molecule has 2 amide bonds. The van der Waals surface area contributed by atoms with Gasteiger partial charge in [-0.3, -0.25) is 14.5 Å². The van der Waals surface area contributed by atoms with Crippen molar-refractivity contribution in [1.82, 2.24) is 15.1 Å². The summed E-state index contributed by atoms with van der Waals surface area (Å²) in [5.74, 6) is 1.77. The van der Waals surface area contributed by atoms with Crippen LogP contribution >= 0.6 is 11.8 Å². The molecule has 2 heterocycles. The minimum Gasteiger partial charge on any atom is -0.497 e.